The molecule has 1 aromatic rings. The molecule has 86 valence electrons. The molecule has 1 saturated heterocycles. The highest BCUT2D eigenvalue weighted by atomic mass is 19.1. The Hall–Kier alpha value is -0.930. The standard InChI is InChI=1S/C13H17FN2/c14-11-2-3-12-10(9-11)1-4-13(12)16-7-5-15-6-8-16/h2-3,9,13,15H,1,4-8H2/t13-/m1/s1. The fraction of sp³-hybridized carbons (Fsp3) is 0.538. The maximum atomic E-state index is 13.1. The average molecular weight is 220 g/mol. The predicted molar refractivity (Wildman–Crippen MR) is 61.9 cm³/mol. The fourth-order valence-electron chi connectivity index (χ4n) is 2.94. The summed E-state index contributed by atoms with van der Waals surface area (Å²) < 4.78 is 13.1. The molecule has 0 unspecified atom stereocenters. The third-order valence-electron chi connectivity index (χ3n) is 3.74. The van der Waals surface area contributed by atoms with Gasteiger partial charge in [0, 0.05) is 32.2 Å². The van der Waals surface area contributed by atoms with Crippen LogP contribution in [-0.4, -0.2) is 31.1 Å². The molecule has 0 spiro atoms. The van der Waals surface area contributed by atoms with Gasteiger partial charge in [0.15, 0.2) is 0 Å². The molecule has 0 saturated carbocycles. The van der Waals surface area contributed by atoms with Crippen LogP contribution in [0.25, 0.3) is 0 Å². The van der Waals surface area contributed by atoms with Crippen LogP contribution in [0.4, 0.5) is 4.39 Å². The first-order valence-corrected chi connectivity index (χ1v) is 6.08. The summed E-state index contributed by atoms with van der Waals surface area (Å²) in [7, 11) is 0. The quantitative estimate of drug-likeness (QED) is 0.775. The number of piperazine rings is 1. The summed E-state index contributed by atoms with van der Waals surface area (Å²) >= 11 is 0. The Labute approximate surface area is 95.4 Å². The van der Waals surface area contributed by atoms with Gasteiger partial charge in [-0.1, -0.05) is 6.07 Å². The molecular weight excluding hydrogens is 203 g/mol. The van der Waals surface area contributed by atoms with Gasteiger partial charge in [-0.2, -0.15) is 0 Å². The van der Waals surface area contributed by atoms with Crippen molar-refractivity contribution < 1.29 is 4.39 Å². The first-order valence-electron chi connectivity index (χ1n) is 6.08. The topological polar surface area (TPSA) is 15.3 Å². The van der Waals surface area contributed by atoms with Crippen LogP contribution in [0.2, 0.25) is 0 Å². The van der Waals surface area contributed by atoms with Crippen molar-refractivity contribution in [3.8, 4) is 0 Å². The van der Waals surface area contributed by atoms with Gasteiger partial charge < -0.3 is 5.32 Å². The van der Waals surface area contributed by atoms with Gasteiger partial charge in [-0.05, 0) is 36.1 Å². The smallest absolute Gasteiger partial charge is 0.123 e. The number of benzene rings is 1. The lowest BCUT2D eigenvalue weighted by Crippen LogP contribution is -2.44. The Morgan fingerprint density at radius 3 is 2.88 bits per heavy atom. The van der Waals surface area contributed by atoms with Gasteiger partial charge in [0.25, 0.3) is 0 Å². The van der Waals surface area contributed by atoms with Crippen molar-refractivity contribution in [3.05, 3.63) is 35.1 Å². The van der Waals surface area contributed by atoms with Gasteiger partial charge in [0.2, 0.25) is 0 Å². The molecule has 1 aromatic carbocycles. The molecule has 0 aromatic heterocycles. The van der Waals surface area contributed by atoms with Crippen LogP contribution in [0.5, 0.6) is 0 Å². The fourth-order valence-corrected chi connectivity index (χ4v) is 2.94. The van der Waals surface area contributed by atoms with E-state index in [-0.39, 0.29) is 5.82 Å². The first-order chi connectivity index (χ1) is 7.84. The normalized spacial score (nSPS) is 25.7. The zero-order chi connectivity index (χ0) is 11.0. The lowest BCUT2D eigenvalue weighted by atomic mass is 10.1. The minimum atomic E-state index is -0.0975. The number of rotatable bonds is 1. The van der Waals surface area contributed by atoms with Crippen molar-refractivity contribution in [2.75, 3.05) is 26.2 Å². The molecule has 2 nitrogen and oxygen atoms in total. The molecule has 0 amide bonds. The number of aryl methyl sites for hydroxylation is 1. The molecule has 1 heterocycles. The Kier molecular flexibility index (Phi) is 2.65. The van der Waals surface area contributed by atoms with Gasteiger partial charge in [-0.3, -0.25) is 4.90 Å². The van der Waals surface area contributed by atoms with Gasteiger partial charge in [-0.25, -0.2) is 4.39 Å². The summed E-state index contributed by atoms with van der Waals surface area (Å²) in [6.45, 7) is 4.38. The van der Waals surface area contributed by atoms with E-state index in [4.69, 9.17) is 0 Å². The number of hydrogen-bond acceptors (Lipinski definition) is 2. The molecule has 1 fully saturated rings. The van der Waals surface area contributed by atoms with Crippen LogP contribution in [0, 0.1) is 5.82 Å². The second kappa shape index (κ2) is 4.15. The molecule has 1 aliphatic carbocycles. The molecule has 1 atom stereocenters. The zero-order valence-corrected chi connectivity index (χ0v) is 9.38. The van der Waals surface area contributed by atoms with E-state index in [0.29, 0.717) is 6.04 Å². The molecule has 16 heavy (non-hydrogen) atoms. The van der Waals surface area contributed by atoms with E-state index >= 15 is 0 Å². The number of nitrogens with zero attached hydrogens (tertiary/aromatic N) is 1. The number of fused-ring (bicyclic) bond motifs is 1. The first kappa shape index (κ1) is 10.2. The molecule has 1 N–H and O–H groups in total. The van der Waals surface area contributed by atoms with Crippen LogP contribution in [-0.2, 0) is 6.42 Å². The lowest BCUT2D eigenvalue weighted by molar-refractivity contribution is 0.173. The summed E-state index contributed by atoms with van der Waals surface area (Å²) in [4.78, 5) is 2.53. The van der Waals surface area contributed by atoms with Gasteiger partial charge in [0.1, 0.15) is 5.82 Å². The Bertz CT molecular complexity index is 386. The third-order valence-corrected chi connectivity index (χ3v) is 3.74. The van der Waals surface area contributed by atoms with Crippen molar-refractivity contribution in [1.29, 1.82) is 0 Å². The van der Waals surface area contributed by atoms with Crippen molar-refractivity contribution >= 4 is 0 Å². The molecular formula is C13H17FN2. The predicted octanol–water partition coefficient (Wildman–Crippen LogP) is 1.72. The summed E-state index contributed by atoms with van der Waals surface area (Å²) in [5, 5.41) is 3.37. The monoisotopic (exact) mass is 220 g/mol. The summed E-state index contributed by atoms with van der Waals surface area (Å²) in [6, 6.07) is 5.80. The molecule has 2 aliphatic rings. The van der Waals surface area contributed by atoms with E-state index in [1.165, 1.54) is 11.1 Å². The molecule has 3 rings (SSSR count). The molecule has 1 aliphatic heterocycles. The van der Waals surface area contributed by atoms with Crippen LogP contribution in [0.1, 0.15) is 23.6 Å². The molecule has 0 bridgehead atoms. The van der Waals surface area contributed by atoms with Crippen molar-refractivity contribution in [2.24, 2.45) is 0 Å². The van der Waals surface area contributed by atoms with Gasteiger partial charge >= 0.3 is 0 Å². The summed E-state index contributed by atoms with van der Waals surface area (Å²) in [5.74, 6) is -0.0975. The highest BCUT2D eigenvalue weighted by Crippen LogP contribution is 2.35. The highest BCUT2D eigenvalue weighted by Gasteiger charge is 2.28. The SMILES string of the molecule is Fc1ccc2c(c1)CC[C@H]2N1CCNCC1. The van der Waals surface area contributed by atoms with Crippen molar-refractivity contribution in [3.63, 3.8) is 0 Å². The lowest BCUT2D eigenvalue weighted by Gasteiger charge is -2.33. The van der Waals surface area contributed by atoms with Crippen LogP contribution in [0.3, 0.4) is 0 Å². The largest absolute Gasteiger partial charge is 0.314 e. The average Bonchev–Trinajstić information content (AvgIpc) is 2.73. The Morgan fingerprint density at radius 1 is 1.25 bits per heavy atom. The Morgan fingerprint density at radius 2 is 2.06 bits per heavy atom. The second-order valence-corrected chi connectivity index (χ2v) is 4.68. The number of hydrogen-bond donors (Lipinski definition) is 1. The van der Waals surface area contributed by atoms with E-state index < -0.39 is 0 Å². The number of nitrogens with one attached hydrogen (secondary N) is 1. The zero-order valence-electron chi connectivity index (χ0n) is 9.38. The van der Waals surface area contributed by atoms with Gasteiger partial charge in [0.05, 0.1) is 0 Å². The van der Waals surface area contributed by atoms with Crippen molar-refractivity contribution in [2.45, 2.75) is 18.9 Å². The van der Waals surface area contributed by atoms with Crippen molar-refractivity contribution in [1.82, 2.24) is 10.2 Å². The molecule has 3 heteroatoms. The summed E-state index contributed by atoms with van der Waals surface area (Å²) in [5.41, 5.74) is 2.56. The number of halogens is 1. The Balaban J connectivity index is 1.84. The highest BCUT2D eigenvalue weighted by molar-refractivity contribution is 5.35. The van der Waals surface area contributed by atoms with Crippen LogP contribution < -0.4 is 5.32 Å². The maximum Gasteiger partial charge on any atom is 0.123 e. The van der Waals surface area contributed by atoms with E-state index in [2.05, 4.69) is 10.2 Å². The minimum Gasteiger partial charge on any atom is -0.314 e. The van der Waals surface area contributed by atoms with E-state index in [0.717, 1.165) is 39.0 Å². The second-order valence-electron chi connectivity index (χ2n) is 4.68. The minimum absolute atomic E-state index is 0.0975. The van der Waals surface area contributed by atoms with Crippen LogP contribution in [0.15, 0.2) is 18.2 Å². The van der Waals surface area contributed by atoms with Crippen LogP contribution >= 0.6 is 0 Å². The van der Waals surface area contributed by atoms with E-state index in [1.807, 2.05) is 6.07 Å². The summed E-state index contributed by atoms with van der Waals surface area (Å²) in [6.07, 6.45) is 2.18. The maximum absolute atomic E-state index is 13.1. The van der Waals surface area contributed by atoms with E-state index in [1.54, 1.807) is 12.1 Å². The van der Waals surface area contributed by atoms with E-state index in [9.17, 15) is 4.39 Å². The third kappa shape index (κ3) is 1.74. The van der Waals surface area contributed by atoms with Gasteiger partial charge in [-0.15, -0.1) is 0 Å². The molecule has 0 radical (unpaired) electrons.